The number of benzene rings is 1. The molecule has 3 rings (SSSR count). The average molecular weight is 368 g/mol. The van der Waals surface area contributed by atoms with E-state index in [1.165, 1.54) is 6.07 Å². The van der Waals surface area contributed by atoms with Crippen LogP contribution >= 0.6 is 0 Å². The average Bonchev–Trinajstić information content (AvgIpc) is 3.30. The largest absolute Gasteiger partial charge is 0.493 e. The number of rotatable bonds is 7. The molecule has 0 saturated heterocycles. The Morgan fingerprint density at radius 1 is 1.30 bits per heavy atom. The lowest BCUT2D eigenvalue weighted by Crippen LogP contribution is -2.06. The number of hydrogen-bond donors (Lipinski definition) is 1. The van der Waals surface area contributed by atoms with Gasteiger partial charge in [-0.3, -0.25) is 0 Å². The Morgan fingerprint density at radius 2 is 2.19 bits per heavy atom. The van der Waals surface area contributed by atoms with E-state index in [1.54, 1.807) is 24.4 Å². The Labute approximate surface area is 157 Å². The van der Waals surface area contributed by atoms with Gasteiger partial charge in [0, 0.05) is 30.9 Å². The summed E-state index contributed by atoms with van der Waals surface area (Å²) in [6.45, 7) is 3.59. The number of nitrogens with two attached hydrogens (primary N) is 1. The van der Waals surface area contributed by atoms with Gasteiger partial charge in [0.25, 0.3) is 0 Å². The van der Waals surface area contributed by atoms with Gasteiger partial charge in [0.05, 0.1) is 18.7 Å². The number of imidazole rings is 1. The number of hydrogen-bond acceptors (Lipinski definition) is 5. The van der Waals surface area contributed by atoms with Crippen molar-refractivity contribution in [2.24, 2.45) is 5.73 Å². The zero-order valence-electron chi connectivity index (χ0n) is 15.1. The third-order valence-electron chi connectivity index (χ3n) is 3.89. The maximum atomic E-state index is 14.1. The molecule has 0 bridgehead atoms. The molecule has 0 fully saturated rings. The van der Waals surface area contributed by atoms with Crippen molar-refractivity contribution in [2.75, 3.05) is 13.2 Å². The molecule has 6 nitrogen and oxygen atoms in total. The first-order chi connectivity index (χ1) is 13.2. The van der Waals surface area contributed by atoms with Gasteiger partial charge in [-0.2, -0.15) is 0 Å². The fourth-order valence-electron chi connectivity index (χ4n) is 2.51. The van der Waals surface area contributed by atoms with Crippen LogP contribution in [0.1, 0.15) is 36.2 Å². The van der Waals surface area contributed by atoms with Crippen molar-refractivity contribution in [3.05, 3.63) is 65.3 Å². The third-order valence-corrected chi connectivity index (χ3v) is 3.89. The van der Waals surface area contributed by atoms with Gasteiger partial charge >= 0.3 is 0 Å². The normalized spacial score (nSPS) is 10.5. The van der Waals surface area contributed by atoms with Crippen LogP contribution in [-0.2, 0) is 13.0 Å². The van der Waals surface area contributed by atoms with Gasteiger partial charge in [-0.1, -0.05) is 18.0 Å². The van der Waals surface area contributed by atoms with Crippen molar-refractivity contribution in [1.29, 1.82) is 0 Å². The lowest BCUT2D eigenvalue weighted by Gasteiger charge is -2.05. The van der Waals surface area contributed by atoms with Crippen LogP contribution in [0.3, 0.4) is 0 Å². The van der Waals surface area contributed by atoms with E-state index in [4.69, 9.17) is 15.0 Å². The molecule has 2 aromatic heterocycles. The first-order valence-corrected chi connectivity index (χ1v) is 8.79. The van der Waals surface area contributed by atoms with Gasteiger partial charge in [-0.05, 0) is 31.0 Å². The van der Waals surface area contributed by atoms with Crippen LogP contribution in [-0.4, -0.2) is 27.9 Å². The second-order valence-corrected chi connectivity index (χ2v) is 5.89. The molecule has 0 amide bonds. The second-order valence-electron chi connectivity index (χ2n) is 5.89. The van der Waals surface area contributed by atoms with Gasteiger partial charge in [-0.25, -0.2) is 9.37 Å². The summed E-state index contributed by atoms with van der Waals surface area (Å²) in [4.78, 5) is 4.27. The summed E-state index contributed by atoms with van der Waals surface area (Å²) in [5, 5.41) is 4.01. The van der Waals surface area contributed by atoms with Gasteiger partial charge in [0.1, 0.15) is 23.1 Å². The monoisotopic (exact) mass is 368 g/mol. The predicted molar refractivity (Wildman–Crippen MR) is 98.8 cm³/mol. The zero-order chi connectivity index (χ0) is 19.1. The summed E-state index contributed by atoms with van der Waals surface area (Å²) < 4.78 is 26.8. The quantitative estimate of drug-likeness (QED) is 0.512. The van der Waals surface area contributed by atoms with E-state index in [0.717, 1.165) is 24.4 Å². The molecule has 140 valence electrons. The first kappa shape index (κ1) is 18.7. The van der Waals surface area contributed by atoms with Crippen LogP contribution in [0.25, 0.3) is 0 Å². The van der Waals surface area contributed by atoms with Crippen molar-refractivity contribution in [3.63, 3.8) is 0 Å². The second kappa shape index (κ2) is 9.01. The van der Waals surface area contributed by atoms with Crippen LogP contribution < -0.4 is 10.5 Å². The van der Waals surface area contributed by atoms with Crippen molar-refractivity contribution in [2.45, 2.75) is 26.3 Å². The number of nitrogens with zero attached hydrogens (tertiary/aromatic N) is 3. The molecule has 1 aromatic carbocycles. The van der Waals surface area contributed by atoms with E-state index in [-0.39, 0.29) is 5.56 Å². The summed E-state index contributed by atoms with van der Waals surface area (Å²) in [5.41, 5.74) is 6.40. The van der Waals surface area contributed by atoms with Crippen LogP contribution in [0.5, 0.6) is 5.75 Å². The first-order valence-electron chi connectivity index (χ1n) is 8.79. The molecule has 0 aliphatic heterocycles. The fourth-order valence-corrected chi connectivity index (χ4v) is 2.51. The Kier molecular flexibility index (Phi) is 6.23. The molecule has 2 heterocycles. The smallest absolute Gasteiger partial charge is 0.210 e. The lowest BCUT2D eigenvalue weighted by molar-refractivity contribution is 0.312. The van der Waals surface area contributed by atoms with Gasteiger partial charge in [0.15, 0.2) is 0 Å². The SMILES string of the molecule is CCc1nccn1Cc1cc(C#Cc2ccc(OCCCN)cc2F)on1. The van der Waals surface area contributed by atoms with Crippen LogP contribution in [0.2, 0.25) is 0 Å². The summed E-state index contributed by atoms with van der Waals surface area (Å²) in [6, 6.07) is 6.32. The van der Waals surface area contributed by atoms with Crippen molar-refractivity contribution < 1.29 is 13.7 Å². The maximum absolute atomic E-state index is 14.1. The lowest BCUT2D eigenvalue weighted by atomic mass is 10.2. The molecule has 7 heteroatoms. The molecule has 2 N–H and O–H groups in total. The van der Waals surface area contributed by atoms with Gasteiger partial charge in [0.2, 0.25) is 5.76 Å². The van der Waals surface area contributed by atoms with Gasteiger partial charge < -0.3 is 19.6 Å². The number of ether oxygens (including phenoxy) is 1. The fraction of sp³-hybridized carbons (Fsp3) is 0.300. The molecule has 0 radical (unpaired) electrons. The minimum Gasteiger partial charge on any atom is -0.493 e. The summed E-state index contributed by atoms with van der Waals surface area (Å²) in [5.74, 6) is 6.93. The van der Waals surface area contributed by atoms with E-state index in [2.05, 4.69) is 22.0 Å². The molecule has 0 atom stereocenters. The van der Waals surface area contributed by atoms with E-state index in [0.29, 0.717) is 31.2 Å². The van der Waals surface area contributed by atoms with E-state index < -0.39 is 5.82 Å². The number of halogens is 1. The van der Waals surface area contributed by atoms with Crippen molar-refractivity contribution in [3.8, 4) is 17.6 Å². The van der Waals surface area contributed by atoms with E-state index in [9.17, 15) is 4.39 Å². The minimum atomic E-state index is -0.446. The zero-order valence-corrected chi connectivity index (χ0v) is 15.1. The standard InChI is InChI=1S/C20H21FN4O2/c1-2-20-23-9-10-25(20)14-16-12-18(27-24-16)7-5-15-4-6-17(13-19(15)21)26-11-3-8-22/h4,6,9-10,12-13H,2-3,8,11,14,22H2,1H3. The highest BCUT2D eigenvalue weighted by molar-refractivity contribution is 5.43. The molecule has 0 aliphatic rings. The van der Waals surface area contributed by atoms with E-state index >= 15 is 0 Å². The van der Waals surface area contributed by atoms with Gasteiger partial charge in [-0.15, -0.1) is 0 Å². The summed E-state index contributed by atoms with van der Waals surface area (Å²) >= 11 is 0. The topological polar surface area (TPSA) is 79.1 Å². The van der Waals surface area contributed by atoms with Crippen LogP contribution in [0.15, 0.2) is 41.2 Å². The van der Waals surface area contributed by atoms with Crippen molar-refractivity contribution >= 4 is 0 Å². The molecule has 0 unspecified atom stereocenters. The van der Waals surface area contributed by atoms with Crippen molar-refractivity contribution in [1.82, 2.24) is 14.7 Å². The van der Waals surface area contributed by atoms with Crippen LogP contribution in [0.4, 0.5) is 4.39 Å². The highest BCUT2D eigenvalue weighted by atomic mass is 19.1. The molecular formula is C20H21FN4O2. The Morgan fingerprint density at radius 3 is 2.96 bits per heavy atom. The number of aromatic nitrogens is 3. The molecule has 0 aliphatic carbocycles. The van der Waals surface area contributed by atoms with Crippen LogP contribution in [0, 0.1) is 17.7 Å². The highest BCUT2D eigenvalue weighted by Crippen LogP contribution is 2.16. The molecule has 0 spiro atoms. The Balaban J connectivity index is 1.66. The molecule has 0 saturated carbocycles. The molecular weight excluding hydrogens is 347 g/mol. The molecule has 27 heavy (non-hydrogen) atoms. The molecule has 3 aromatic rings. The number of aryl methyl sites for hydroxylation is 1. The Bertz CT molecular complexity index is 952. The predicted octanol–water partition coefficient (Wildman–Crippen LogP) is 2.75. The van der Waals surface area contributed by atoms with E-state index in [1.807, 2.05) is 17.7 Å². The summed E-state index contributed by atoms with van der Waals surface area (Å²) in [6.07, 6.45) is 5.20. The maximum Gasteiger partial charge on any atom is 0.210 e. The minimum absolute atomic E-state index is 0.266. The third kappa shape index (κ3) is 4.96. The Hall–Kier alpha value is -3.11. The summed E-state index contributed by atoms with van der Waals surface area (Å²) in [7, 11) is 0. The highest BCUT2D eigenvalue weighted by Gasteiger charge is 2.07.